The van der Waals surface area contributed by atoms with Gasteiger partial charge in [0.15, 0.2) is 0 Å². The van der Waals surface area contributed by atoms with Crippen molar-refractivity contribution in [3.63, 3.8) is 0 Å². The quantitative estimate of drug-likeness (QED) is 0.732. The van der Waals surface area contributed by atoms with E-state index in [4.69, 9.17) is 5.73 Å². The summed E-state index contributed by atoms with van der Waals surface area (Å²) in [7, 11) is 0. The van der Waals surface area contributed by atoms with Crippen molar-refractivity contribution in [1.29, 1.82) is 0 Å². The minimum atomic E-state index is -0.0649. The van der Waals surface area contributed by atoms with E-state index in [0.29, 0.717) is 6.54 Å². The van der Waals surface area contributed by atoms with Gasteiger partial charge in [0.1, 0.15) is 0 Å². The third kappa shape index (κ3) is 5.65. The Labute approximate surface area is 107 Å². The van der Waals surface area contributed by atoms with E-state index in [1.54, 1.807) is 17.4 Å². The standard InChI is InChI=1S/C13H20N2OS/c1-2-3-5-11(10-14)15-13(16)8-7-12-6-4-9-17-12/h4,6-9,11H,2-3,5,10,14H2,1H3,(H,15,16)/b8-7+. The summed E-state index contributed by atoms with van der Waals surface area (Å²) in [6, 6.07) is 4.04. The second kappa shape index (κ2) is 8.03. The second-order valence-electron chi connectivity index (χ2n) is 3.93. The highest BCUT2D eigenvalue weighted by Gasteiger charge is 2.07. The summed E-state index contributed by atoms with van der Waals surface area (Å²) in [6.45, 7) is 2.63. The SMILES string of the molecule is CCCCC(CN)NC(=O)/C=C/c1cccs1. The maximum Gasteiger partial charge on any atom is 0.244 e. The largest absolute Gasteiger partial charge is 0.349 e. The predicted molar refractivity (Wildman–Crippen MR) is 73.9 cm³/mol. The summed E-state index contributed by atoms with van der Waals surface area (Å²) in [6.07, 6.45) is 6.56. The predicted octanol–water partition coefficient (Wildman–Crippen LogP) is 2.40. The van der Waals surface area contributed by atoms with E-state index in [1.165, 1.54) is 0 Å². The van der Waals surface area contributed by atoms with Crippen molar-refractivity contribution < 1.29 is 4.79 Å². The molecule has 0 aliphatic rings. The molecule has 0 saturated heterocycles. The summed E-state index contributed by atoms with van der Waals surface area (Å²) >= 11 is 1.61. The summed E-state index contributed by atoms with van der Waals surface area (Å²) < 4.78 is 0. The van der Waals surface area contributed by atoms with E-state index < -0.39 is 0 Å². The van der Waals surface area contributed by atoms with Gasteiger partial charge in [-0.2, -0.15) is 0 Å². The van der Waals surface area contributed by atoms with Crippen LogP contribution in [0.15, 0.2) is 23.6 Å². The van der Waals surface area contributed by atoms with Gasteiger partial charge in [0, 0.05) is 23.5 Å². The maximum atomic E-state index is 11.6. The average molecular weight is 252 g/mol. The Morgan fingerprint density at radius 2 is 2.47 bits per heavy atom. The molecule has 1 rings (SSSR count). The lowest BCUT2D eigenvalue weighted by Gasteiger charge is -2.14. The molecule has 3 N–H and O–H groups in total. The number of rotatable bonds is 7. The van der Waals surface area contributed by atoms with Crippen LogP contribution in [-0.2, 0) is 4.79 Å². The van der Waals surface area contributed by atoms with Gasteiger partial charge in [-0.25, -0.2) is 0 Å². The van der Waals surface area contributed by atoms with Crippen LogP contribution < -0.4 is 11.1 Å². The fraction of sp³-hybridized carbons (Fsp3) is 0.462. The van der Waals surface area contributed by atoms with Crippen LogP contribution in [0.5, 0.6) is 0 Å². The number of nitrogens with one attached hydrogen (secondary N) is 1. The minimum Gasteiger partial charge on any atom is -0.349 e. The molecule has 94 valence electrons. The molecular formula is C13H20N2OS. The molecule has 0 aromatic carbocycles. The van der Waals surface area contributed by atoms with Crippen molar-refractivity contribution >= 4 is 23.3 Å². The van der Waals surface area contributed by atoms with Gasteiger partial charge in [-0.15, -0.1) is 11.3 Å². The molecule has 0 fully saturated rings. The van der Waals surface area contributed by atoms with Crippen LogP contribution in [0.2, 0.25) is 0 Å². The van der Waals surface area contributed by atoms with Crippen molar-refractivity contribution in [3.8, 4) is 0 Å². The first-order chi connectivity index (χ1) is 8.26. The van der Waals surface area contributed by atoms with Crippen LogP contribution >= 0.6 is 11.3 Å². The van der Waals surface area contributed by atoms with E-state index in [-0.39, 0.29) is 11.9 Å². The molecule has 0 radical (unpaired) electrons. The number of nitrogens with two attached hydrogens (primary N) is 1. The van der Waals surface area contributed by atoms with Gasteiger partial charge in [0.2, 0.25) is 5.91 Å². The van der Waals surface area contributed by atoms with Gasteiger partial charge in [0.25, 0.3) is 0 Å². The van der Waals surface area contributed by atoms with Gasteiger partial charge in [-0.05, 0) is 23.9 Å². The highest BCUT2D eigenvalue weighted by molar-refractivity contribution is 7.10. The fourth-order valence-electron chi connectivity index (χ4n) is 1.49. The minimum absolute atomic E-state index is 0.0649. The number of thiophene rings is 1. The second-order valence-corrected chi connectivity index (χ2v) is 4.91. The van der Waals surface area contributed by atoms with Gasteiger partial charge in [-0.3, -0.25) is 4.79 Å². The maximum absolute atomic E-state index is 11.6. The van der Waals surface area contributed by atoms with Crippen LogP contribution in [-0.4, -0.2) is 18.5 Å². The van der Waals surface area contributed by atoms with Crippen molar-refractivity contribution in [2.45, 2.75) is 32.2 Å². The van der Waals surface area contributed by atoms with Gasteiger partial charge in [-0.1, -0.05) is 25.8 Å². The first-order valence-electron chi connectivity index (χ1n) is 5.98. The molecule has 17 heavy (non-hydrogen) atoms. The molecule has 0 aliphatic carbocycles. The fourth-order valence-corrected chi connectivity index (χ4v) is 2.11. The number of carbonyl (C=O) groups is 1. The van der Waals surface area contributed by atoms with Crippen molar-refractivity contribution in [2.24, 2.45) is 5.73 Å². The Hall–Kier alpha value is -1.13. The number of hydrogen-bond donors (Lipinski definition) is 2. The molecule has 1 atom stereocenters. The summed E-state index contributed by atoms with van der Waals surface area (Å²) in [4.78, 5) is 12.7. The average Bonchev–Trinajstić information content (AvgIpc) is 2.85. The Morgan fingerprint density at radius 1 is 1.65 bits per heavy atom. The first kappa shape index (κ1) is 13.9. The number of carbonyl (C=O) groups excluding carboxylic acids is 1. The van der Waals surface area contributed by atoms with Crippen LogP contribution in [0.4, 0.5) is 0 Å². The Morgan fingerprint density at radius 3 is 3.06 bits per heavy atom. The third-order valence-electron chi connectivity index (χ3n) is 2.48. The normalized spacial score (nSPS) is 12.8. The zero-order chi connectivity index (χ0) is 12.5. The Balaban J connectivity index is 2.37. The highest BCUT2D eigenvalue weighted by Crippen LogP contribution is 2.09. The molecule has 4 heteroatoms. The molecule has 0 saturated carbocycles. The molecule has 1 aromatic rings. The lowest BCUT2D eigenvalue weighted by Crippen LogP contribution is -2.39. The Bertz CT molecular complexity index is 346. The molecule has 0 bridgehead atoms. The number of hydrogen-bond acceptors (Lipinski definition) is 3. The molecule has 0 aliphatic heterocycles. The third-order valence-corrected chi connectivity index (χ3v) is 3.32. The molecule has 1 aromatic heterocycles. The van der Waals surface area contributed by atoms with Crippen LogP contribution in [0.1, 0.15) is 31.1 Å². The molecule has 1 heterocycles. The van der Waals surface area contributed by atoms with Crippen LogP contribution in [0.3, 0.4) is 0 Å². The van der Waals surface area contributed by atoms with E-state index in [0.717, 1.165) is 24.1 Å². The topological polar surface area (TPSA) is 55.1 Å². The lowest BCUT2D eigenvalue weighted by molar-refractivity contribution is -0.117. The molecule has 1 unspecified atom stereocenters. The molecule has 3 nitrogen and oxygen atoms in total. The van der Waals surface area contributed by atoms with Crippen molar-refractivity contribution in [2.75, 3.05) is 6.54 Å². The summed E-state index contributed by atoms with van der Waals surface area (Å²) in [5.74, 6) is -0.0649. The van der Waals surface area contributed by atoms with E-state index in [1.807, 2.05) is 23.6 Å². The molecule has 0 spiro atoms. The van der Waals surface area contributed by atoms with E-state index in [9.17, 15) is 4.79 Å². The van der Waals surface area contributed by atoms with Crippen LogP contribution in [0, 0.1) is 0 Å². The van der Waals surface area contributed by atoms with E-state index in [2.05, 4.69) is 12.2 Å². The lowest BCUT2D eigenvalue weighted by atomic mass is 10.1. The first-order valence-corrected chi connectivity index (χ1v) is 6.86. The van der Waals surface area contributed by atoms with E-state index >= 15 is 0 Å². The monoisotopic (exact) mass is 252 g/mol. The Kier molecular flexibility index (Phi) is 6.58. The van der Waals surface area contributed by atoms with Crippen molar-refractivity contribution in [3.05, 3.63) is 28.5 Å². The van der Waals surface area contributed by atoms with Gasteiger partial charge < -0.3 is 11.1 Å². The molecule has 1 amide bonds. The smallest absolute Gasteiger partial charge is 0.244 e. The number of unbranched alkanes of at least 4 members (excludes halogenated alkanes) is 1. The summed E-state index contributed by atoms with van der Waals surface area (Å²) in [5, 5.41) is 4.91. The summed E-state index contributed by atoms with van der Waals surface area (Å²) in [5.41, 5.74) is 5.62. The number of amides is 1. The van der Waals surface area contributed by atoms with Gasteiger partial charge >= 0.3 is 0 Å². The molecular weight excluding hydrogens is 232 g/mol. The zero-order valence-electron chi connectivity index (χ0n) is 10.2. The zero-order valence-corrected chi connectivity index (χ0v) is 11.0. The van der Waals surface area contributed by atoms with Crippen LogP contribution in [0.25, 0.3) is 6.08 Å². The van der Waals surface area contributed by atoms with Crippen molar-refractivity contribution in [1.82, 2.24) is 5.32 Å². The highest BCUT2D eigenvalue weighted by atomic mass is 32.1. The van der Waals surface area contributed by atoms with Gasteiger partial charge in [0.05, 0.1) is 0 Å².